The Morgan fingerprint density at radius 1 is 1.04 bits per heavy atom. The summed E-state index contributed by atoms with van der Waals surface area (Å²) in [6, 6.07) is 24.6. The van der Waals surface area contributed by atoms with E-state index in [0.29, 0.717) is 19.6 Å². The number of morpholine rings is 1. The average Bonchev–Trinajstić information content (AvgIpc) is 2.73. The zero-order valence-corrected chi connectivity index (χ0v) is 15.2. The highest BCUT2D eigenvalue weighted by atomic mass is 16.5. The molecule has 2 unspecified atom stereocenters. The van der Waals surface area contributed by atoms with E-state index >= 15 is 0 Å². The molecular weight excluding hydrogens is 336 g/mol. The predicted octanol–water partition coefficient (Wildman–Crippen LogP) is 3.42. The highest BCUT2D eigenvalue weighted by molar-refractivity contribution is 5.87. The Balaban J connectivity index is 1.64. The van der Waals surface area contributed by atoms with Gasteiger partial charge in [-0.2, -0.15) is 0 Å². The molecule has 138 valence electrons. The maximum Gasteiger partial charge on any atom is 0.222 e. The fourth-order valence-electron chi connectivity index (χ4n) is 3.68. The second-order valence-electron chi connectivity index (χ2n) is 6.91. The second kappa shape index (κ2) is 8.33. The second-order valence-corrected chi connectivity index (χ2v) is 6.91. The van der Waals surface area contributed by atoms with Crippen LogP contribution in [0.4, 0.5) is 0 Å². The summed E-state index contributed by atoms with van der Waals surface area (Å²) in [7, 11) is 0. The smallest absolute Gasteiger partial charge is 0.222 e. The molecule has 0 saturated carbocycles. The molecule has 27 heavy (non-hydrogen) atoms. The van der Waals surface area contributed by atoms with Crippen LogP contribution in [0.3, 0.4) is 0 Å². The Morgan fingerprint density at radius 3 is 2.63 bits per heavy atom. The fourth-order valence-corrected chi connectivity index (χ4v) is 3.68. The summed E-state index contributed by atoms with van der Waals surface area (Å²) >= 11 is 0. The molecule has 4 heteroatoms. The Labute approximate surface area is 159 Å². The zero-order chi connectivity index (χ0) is 18.5. The summed E-state index contributed by atoms with van der Waals surface area (Å²) in [4.78, 5) is 12.8. The van der Waals surface area contributed by atoms with Crippen LogP contribution in [0.25, 0.3) is 10.8 Å². The summed E-state index contributed by atoms with van der Waals surface area (Å²) in [5.74, 6) is 0.0276. The number of carbonyl (C=O) groups is 1. The molecule has 4 nitrogen and oxygen atoms in total. The first kappa shape index (κ1) is 17.7. The number of benzene rings is 3. The summed E-state index contributed by atoms with van der Waals surface area (Å²) in [5, 5.41) is 8.94. The van der Waals surface area contributed by atoms with Crippen molar-refractivity contribution in [3.63, 3.8) is 0 Å². The Hall–Kier alpha value is -2.69. The Kier molecular flexibility index (Phi) is 5.47. The predicted molar refractivity (Wildman–Crippen MR) is 108 cm³/mol. The molecule has 1 aliphatic rings. The summed E-state index contributed by atoms with van der Waals surface area (Å²) in [6.07, 6.45) is 0.411. The number of hydrogen-bond donors (Lipinski definition) is 2. The molecule has 0 radical (unpaired) electrons. The highest BCUT2D eigenvalue weighted by Gasteiger charge is 2.22. The van der Waals surface area contributed by atoms with E-state index in [1.54, 1.807) is 0 Å². The van der Waals surface area contributed by atoms with Gasteiger partial charge in [0.15, 0.2) is 0 Å². The fraction of sp³-hybridized carbons (Fsp3) is 0.261. The molecule has 0 bridgehead atoms. The van der Waals surface area contributed by atoms with Crippen molar-refractivity contribution in [1.82, 2.24) is 10.6 Å². The van der Waals surface area contributed by atoms with E-state index in [4.69, 9.17) is 4.74 Å². The van der Waals surface area contributed by atoms with Crippen molar-refractivity contribution in [2.24, 2.45) is 0 Å². The third-order valence-corrected chi connectivity index (χ3v) is 5.00. The van der Waals surface area contributed by atoms with Gasteiger partial charge in [0.05, 0.1) is 19.3 Å². The first-order valence-corrected chi connectivity index (χ1v) is 9.44. The van der Waals surface area contributed by atoms with Gasteiger partial charge < -0.3 is 15.4 Å². The lowest BCUT2D eigenvalue weighted by Gasteiger charge is -2.26. The van der Waals surface area contributed by atoms with Crippen LogP contribution in [0.5, 0.6) is 0 Å². The first-order valence-electron chi connectivity index (χ1n) is 9.44. The molecular formula is C23H24N2O2. The van der Waals surface area contributed by atoms with Crippen LogP contribution in [-0.4, -0.2) is 31.7 Å². The van der Waals surface area contributed by atoms with Crippen molar-refractivity contribution in [2.75, 3.05) is 19.8 Å². The van der Waals surface area contributed by atoms with Crippen molar-refractivity contribution >= 4 is 16.7 Å². The molecule has 0 spiro atoms. The summed E-state index contributed by atoms with van der Waals surface area (Å²) in [6.45, 7) is 2.09. The van der Waals surface area contributed by atoms with Crippen LogP contribution in [-0.2, 0) is 9.53 Å². The monoisotopic (exact) mass is 360 g/mol. The Bertz CT molecular complexity index is 899. The van der Waals surface area contributed by atoms with E-state index in [1.807, 2.05) is 30.3 Å². The van der Waals surface area contributed by atoms with Crippen molar-refractivity contribution < 1.29 is 9.53 Å². The van der Waals surface area contributed by atoms with Gasteiger partial charge >= 0.3 is 0 Å². The lowest BCUT2D eigenvalue weighted by atomic mass is 9.93. The number of carbonyl (C=O) groups excluding carboxylic acids is 1. The molecule has 1 heterocycles. The minimum atomic E-state index is -0.186. The van der Waals surface area contributed by atoms with Gasteiger partial charge in [-0.25, -0.2) is 0 Å². The van der Waals surface area contributed by atoms with Crippen LogP contribution in [0.15, 0.2) is 72.8 Å². The third-order valence-electron chi connectivity index (χ3n) is 5.00. The number of ether oxygens (including phenoxy) is 1. The van der Waals surface area contributed by atoms with Crippen LogP contribution in [0.2, 0.25) is 0 Å². The van der Waals surface area contributed by atoms with Gasteiger partial charge in [-0.3, -0.25) is 4.79 Å². The lowest BCUT2D eigenvalue weighted by Crippen LogP contribution is -2.44. The summed E-state index contributed by atoms with van der Waals surface area (Å²) < 4.78 is 5.47. The lowest BCUT2D eigenvalue weighted by molar-refractivity contribution is -0.122. The molecule has 2 atom stereocenters. The standard InChI is InChI=1S/C23H24N2O2/c26-22(15-19-16-27-14-13-24-19)25-23(18-8-2-1-3-9-18)21-12-6-10-17-7-4-5-11-20(17)21/h1-12,19,23-24H,13-16H2,(H,25,26). The van der Waals surface area contributed by atoms with E-state index in [0.717, 1.165) is 23.1 Å². The van der Waals surface area contributed by atoms with Crippen LogP contribution < -0.4 is 10.6 Å². The number of nitrogens with one attached hydrogen (secondary N) is 2. The molecule has 1 aliphatic heterocycles. The number of fused-ring (bicyclic) bond motifs is 1. The van der Waals surface area contributed by atoms with Gasteiger partial charge in [-0.05, 0) is 21.9 Å². The topological polar surface area (TPSA) is 50.4 Å². The molecule has 2 N–H and O–H groups in total. The first-order chi connectivity index (χ1) is 13.3. The summed E-state index contributed by atoms with van der Waals surface area (Å²) in [5.41, 5.74) is 2.19. The quantitative estimate of drug-likeness (QED) is 0.733. The third kappa shape index (κ3) is 4.18. The van der Waals surface area contributed by atoms with Crippen LogP contribution in [0, 0.1) is 0 Å². The molecule has 4 rings (SSSR count). The highest BCUT2D eigenvalue weighted by Crippen LogP contribution is 2.29. The van der Waals surface area contributed by atoms with Crippen molar-refractivity contribution in [2.45, 2.75) is 18.5 Å². The van der Waals surface area contributed by atoms with Gasteiger partial charge in [0.25, 0.3) is 0 Å². The number of amides is 1. The molecule has 0 aromatic heterocycles. The zero-order valence-electron chi connectivity index (χ0n) is 15.2. The van der Waals surface area contributed by atoms with Crippen molar-refractivity contribution in [3.8, 4) is 0 Å². The number of hydrogen-bond acceptors (Lipinski definition) is 3. The maximum atomic E-state index is 12.8. The molecule has 1 saturated heterocycles. The molecule has 0 aliphatic carbocycles. The van der Waals surface area contributed by atoms with Crippen molar-refractivity contribution in [3.05, 3.63) is 83.9 Å². The number of rotatable bonds is 5. The van der Waals surface area contributed by atoms with E-state index in [1.165, 1.54) is 5.39 Å². The normalized spacial score (nSPS) is 18.1. The maximum absolute atomic E-state index is 12.8. The average molecular weight is 360 g/mol. The Morgan fingerprint density at radius 2 is 1.81 bits per heavy atom. The van der Waals surface area contributed by atoms with Gasteiger partial charge in [-0.1, -0.05) is 72.8 Å². The largest absolute Gasteiger partial charge is 0.378 e. The molecule has 3 aromatic carbocycles. The minimum absolute atomic E-state index is 0.0276. The van der Waals surface area contributed by atoms with E-state index in [9.17, 15) is 4.79 Å². The van der Waals surface area contributed by atoms with Crippen LogP contribution >= 0.6 is 0 Å². The molecule has 1 amide bonds. The van der Waals surface area contributed by atoms with Gasteiger partial charge in [0, 0.05) is 19.0 Å². The van der Waals surface area contributed by atoms with Crippen molar-refractivity contribution in [1.29, 1.82) is 0 Å². The minimum Gasteiger partial charge on any atom is -0.378 e. The van der Waals surface area contributed by atoms with Crippen LogP contribution in [0.1, 0.15) is 23.6 Å². The van der Waals surface area contributed by atoms with E-state index in [-0.39, 0.29) is 18.0 Å². The SMILES string of the molecule is O=C(CC1COCCN1)NC(c1ccccc1)c1cccc2ccccc12. The van der Waals surface area contributed by atoms with Gasteiger partial charge in [0.2, 0.25) is 5.91 Å². The molecule has 3 aromatic rings. The van der Waals surface area contributed by atoms with Gasteiger partial charge in [-0.15, -0.1) is 0 Å². The van der Waals surface area contributed by atoms with Gasteiger partial charge in [0.1, 0.15) is 0 Å². The molecule has 1 fully saturated rings. The van der Waals surface area contributed by atoms with E-state index in [2.05, 4.69) is 53.1 Å². The van der Waals surface area contributed by atoms with E-state index < -0.39 is 0 Å².